The molecule has 50 heavy (non-hydrogen) atoms. The number of esters is 2. The Morgan fingerprint density at radius 1 is 0.680 bits per heavy atom. The van der Waals surface area contributed by atoms with Crippen molar-refractivity contribution < 1.29 is 29.3 Å². The number of terminal acetylenes is 2. The summed E-state index contributed by atoms with van der Waals surface area (Å²) in [7, 11) is 0. The number of carbonyl (C=O) groups is 2. The Kier molecular flexibility index (Phi) is 7.90. The quantitative estimate of drug-likeness (QED) is 0.155. The lowest BCUT2D eigenvalue weighted by Crippen LogP contribution is -2.50. The Morgan fingerprint density at radius 2 is 1.10 bits per heavy atom. The van der Waals surface area contributed by atoms with Gasteiger partial charge in [0.15, 0.2) is 0 Å². The molecule has 0 aliphatic heterocycles. The van der Waals surface area contributed by atoms with Gasteiger partial charge < -0.3 is 19.7 Å². The second-order valence-corrected chi connectivity index (χ2v) is 16.7. The third-order valence-corrected chi connectivity index (χ3v) is 15.0. The van der Waals surface area contributed by atoms with Crippen LogP contribution in [0, 0.1) is 59.2 Å². The molecule has 0 heterocycles. The van der Waals surface area contributed by atoms with Crippen molar-refractivity contribution in [1.29, 1.82) is 0 Å². The third-order valence-electron chi connectivity index (χ3n) is 15.0. The highest BCUT2D eigenvalue weighted by molar-refractivity contribution is 5.93. The molecular weight excluding hydrogens is 624 g/mol. The largest absolute Gasteiger partial charge is 0.423 e. The van der Waals surface area contributed by atoms with Gasteiger partial charge in [-0.05, 0) is 159 Å². The minimum absolute atomic E-state index is 0.237. The molecule has 0 aromatic heterocycles. The molecule has 2 aromatic carbocycles. The van der Waals surface area contributed by atoms with Gasteiger partial charge in [-0.1, -0.05) is 37.8 Å². The van der Waals surface area contributed by atoms with Gasteiger partial charge in [-0.15, -0.1) is 12.8 Å². The minimum atomic E-state index is -1.01. The van der Waals surface area contributed by atoms with Crippen LogP contribution in [-0.4, -0.2) is 33.4 Å². The van der Waals surface area contributed by atoms with Gasteiger partial charge in [0.05, 0.1) is 0 Å². The molecule has 4 fully saturated rings. The first-order chi connectivity index (χ1) is 23.9. The second kappa shape index (κ2) is 11.9. The number of ether oxygens (including phenoxy) is 2. The monoisotopic (exact) mass is 672 g/mol. The number of hydrogen-bond donors (Lipinski definition) is 2. The number of aryl methyl sites for hydroxylation is 2. The number of hydrogen-bond acceptors (Lipinski definition) is 6. The number of carbonyl (C=O) groups excluding carboxylic acids is 2. The molecule has 6 aliphatic rings. The first-order valence-electron chi connectivity index (χ1n) is 18.7. The molecule has 0 unspecified atom stereocenters. The number of aliphatic hydroxyl groups is 2. The fourth-order valence-electron chi connectivity index (χ4n) is 12.2. The van der Waals surface area contributed by atoms with E-state index in [0.717, 1.165) is 76.4 Å². The van der Waals surface area contributed by atoms with Gasteiger partial charge in [0, 0.05) is 23.0 Å². The van der Waals surface area contributed by atoms with Crippen LogP contribution in [0.25, 0.3) is 0 Å². The van der Waals surface area contributed by atoms with E-state index in [0.29, 0.717) is 59.8 Å². The number of benzene rings is 2. The van der Waals surface area contributed by atoms with Crippen LogP contribution >= 0.6 is 0 Å². The molecule has 0 bridgehead atoms. The van der Waals surface area contributed by atoms with Gasteiger partial charge in [0.2, 0.25) is 0 Å². The van der Waals surface area contributed by atoms with E-state index >= 15 is 0 Å². The normalized spacial score (nSPS) is 39.4. The lowest BCUT2D eigenvalue weighted by atomic mass is 9.53. The number of fused-ring (bicyclic) bond motifs is 10. The molecule has 2 N–H and O–H groups in total. The fraction of sp³-hybridized carbons (Fsp3) is 0.545. The summed E-state index contributed by atoms with van der Waals surface area (Å²) in [6, 6.07) is 11.8. The Bertz CT molecular complexity index is 1730. The van der Waals surface area contributed by atoms with Crippen molar-refractivity contribution in [2.45, 2.75) is 114 Å². The van der Waals surface area contributed by atoms with Crippen molar-refractivity contribution in [1.82, 2.24) is 0 Å². The molecule has 0 amide bonds. The molecule has 0 radical (unpaired) electrons. The average molecular weight is 673 g/mol. The third kappa shape index (κ3) is 4.93. The summed E-state index contributed by atoms with van der Waals surface area (Å²) in [5, 5.41) is 22.4. The van der Waals surface area contributed by atoms with E-state index in [1.807, 2.05) is 24.3 Å². The zero-order valence-electron chi connectivity index (χ0n) is 29.3. The summed E-state index contributed by atoms with van der Waals surface area (Å²) in [6.45, 7) is 4.38. The summed E-state index contributed by atoms with van der Waals surface area (Å²) in [6.07, 6.45) is 24.8. The van der Waals surface area contributed by atoms with Gasteiger partial charge >= 0.3 is 11.9 Å². The van der Waals surface area contributed by atoms with Crippen LogP contribution in [0.1, 0.15) is 112 Å². The van der Waals surface area contributed by atoms with E-state index in [4.69, 9.17) is 22.3 Å². The summed E-state index contributed by atoms with van der Waals surface area (Å²) in [4.78, 5) is 25.4. The lowest BCUT2D eigenvalue weighted by molar-refractivity contribution is -0.131. The predicted molar refractivity (Wildman–Crippen MR) is 190 cm³/mol. The Labute approximate surface area is 296 Å². The molecule has 0 saturated heterocycles. The highest BCUT2D eigenvalue weighted by Crippen LogP contribution is 2.65. The van der Waals surface area contributed by atoms with Gasteiger partial charge in [-0.2, -0.15) is 0 Å². The smallest absolute Gasteiger partial charge is 0.336 e. The molecule has 6 heteroatoms. The predicted octanol–water partition coefficient (Wildman–Crippen LogP) is 7.19. The summed E-state index contributed by atoms with van der Waals surface area (Å²) in [5.74, 6) is 7.78. The lowest BCUT2D eigenvalue weighted by Gasteiger charge is -2.52. The molecule has 8 rings (SSSR count). The van der Waals surface area contributed by atoms with E-state index in [2.05, 4.69) is 37.8 Å². The summed E-state index contributed by atoms with van der Waals surface area (Å²) >= 11 is 0. The van der Waals surface area contributed by atoms with E-state index in [-0.39, 0.29) is 10.8 Å². The Morgan fingerprint density at radius 3 is 1.50 bits per heavy atom. The van der Waals surface area contributed by atoms with Crippen molar-refractivity contribution in [2.24, 2.45) is 34.5 Å². The molecular formula is C44H48O6. The van der Waals surface area contributed by atoms with Crippen molar-refractivity contribution in [3.8, 4) is 36.2 Å². The topological polar surface area (TPSA) is 93.1 Å². The maximum Gasteiger partial charge on any atom is 0.336 e. The molecule has 4 saturated carbocycles. The van der Waals surface area contributed by atoms with Crippen LogP contribution in [0.4, 0.5) is 0 Å². The Hall–Kier alpha value is -3.84. The van der Waals surface area contributed by atoms with Gasteiger partial charge in [0.25, 0.3) is 0 Å². The maximum absolute atomic E-state index is 12.7. The minimum Gasteiger partial charge on any atom is -0.423 e. The van der Waals surface area contributed by atoms with E-state index in [1.54, 1.807) is 0 Å². The highest BCUT2D eigenvalue weighted by Gasteiger charge is 2.62. The second-order valence-electron chi connectivity index (χ2n) is 16.7. The zero-order chi connectivity index (χ0) is 35.1. The van der Waals surface area contributed by atoms with Crippen molar-refractivity contribution >= 4 is 11.9 Å². The molecule has 260 valence electrons. The van der Waals surface area contributed by atoms with Crippen LogP contribution in [0.2, 0.25) is 0 Å². The fourth-order valence-corrected chi connectivity index (χ4v) is 12.2. The van der Waals surface area contributed by atoms with Gasteiger partial charge in [0.1, 0.15) is 22.7 Å². The molecule has 2 aromatic rings. The Balaban J connectivity index is 0.877. The van der Waals surface area contributed by atoms with E-state index in [1.165, 1.54) is 22.3 Å². The van der Waals surface area contributed by atoms with Crippen LogP contribution in [0.15, 0.2) is 48.6 Å². The van der Waals surface area contributed by atoms with Crippen molar-refractivity contribution in [3.63, 3.8) is 0 Å². The first kappa shape index (κ1) is 33.3. The van der Waals surface area contributed by atoms with E-state index < -0.39 is 23.1 Å². The molecule has 6 aliphatic carbocycles. The summed E-state index contributed by atoms with van der Waals surface area (Å²) in [5.41, 5.74) is 2.53. The van der Waals surface area contributed by atoms with Crippen LogP contribution in [0.3, 0.4) is 0 Å². The van der Waals surface area contributed by atoms with Gasteiger partial charge in [-0.25, -0.2) is 9.59 Å². The van der Waals surface area contributed by atoms with E-state index in [9.17, 15) is 19.8 Å². The van der Waals surface area contributed by atoms with Crippen LogP contribution < -0.4 is 9.47 Å². The van der Waals surface area contributed by atoms with Crippen LogP contribution in [0.5, 0.6) is 11.5 Å². The maximum atomic E-state index is 12.7. The SMILES string of the molecule is C#C[C@]1(O)CC[C@H]2[C@@H]3CCc4cc(OC(=O)/C=C/C(=O)Oc5ccc6c(c5)CC[C@@H]5[C@@H]6CC[C@@]6(C)[C@H]5CC[C@@]6(O)C#C)ccc4[C@H]3CC[C@@]21C. The molecule has 0 spiro atoms. The van der Waals surface area contributed by atoms with Gasteiger partial charge in [-0.3, -0.25) is 0 Å². The van der Waals surface area contributed by atoms with Crippen LogP contribution in [-0.2, 0) is 22.4 Å². The average Bonchev–Trinajstić information content (AvgIpc) is 3.55. The zero-order valence-corrected chi connectivity index (χ0v) is 29.3. The summed E-state index contributed by atoms with van der Waals surface area (Å²) < 4.78 is 11.2. The van der Waals surface area contributed by atoms with Crippen molar-refractivity contribution in [2.75, 3.05) is 0 Å². The molecule has 10 atom stereocenters. The molecule has 6 nitrogen and oxygen atoms in total. The van der Waals surface area contributed by atoms with Crippen molar-refractivity contribution in [3.05, 3.63) is 70.8 Å². The highest BCUT2D eigenvalue weighted by atomic mass is 16.5. The standard InChI is InChI=1S/C44H48O6/c1-5-43(47)23-19-37-35-11-7-27-25-29(9-13-31(27)33(35)17-21-41(37,43)3)49-39(45)15-16-40(46)50-30-10-14-32-28(26-30)8-12-36-34(32)18-22-42(4)38(36)20-24-44(42,48)6-2/h1-2,9-10,13-16,25-26,33-38,47-48H,7-8,11-12,17-24H2,3-4H3/b16-15+/t33-,34-,35-,36-,37+,38+,41+,42+,43+,44+/m1/s1. The number of rotatable bonds is 4. The first-order valence-corrected chi connectivity index (χ1v) is 18.7.